The molecule has 24 heavy (non-hydrogen) atoms. The maximum atomic E-state index is 13.0. The number of aromatic nitrogens is 3. The molecule has 3 rings (SSSR count). The zero-order valence-electron chi connectivity index (χ0n) is 13.0. The Morgan fingerprint density at radius 3 is 2.83 bits per heavy atom. The van der Waals surface area contributed by atoms with E-state index in [-0.39, 0.29) is 11.8 Å². The predicted octanol–water partition coefficient (Wildman–Crippen LogP) is 3.05. The maximum absolute atomic E-state index is 13.0. The number of thiazole rings is 1. The Morgan fingerprint density at radius 1 is 1.33 bits per heavy atom. The van der Waals surface area contributed by atoms with Crippen molar-refractivity contribution < 1.29 is 9.18 Å². The molecule has 0 aliphatic carbocycles. The quantitative estimate of drug-likeness (QED) is 0.746. The number of anilines is 1. The molecule has 124 valence electrons. The molecule has 0 aliphatic rings. The van der Waals surface area contributed by atoms with Crippen LogP contribution in [-0.2, 0) is 13.5 Å². The summed E-state index contributed by atoms with van der Waals surface area (Å²) in [5, 5.41) is 10.3. The van der Waals surface area contributed by atoms with Crippen molar-refractivity contribution in [1.29, 1.82) is 0 Å². The van der Waals surface area contributed by atoms with Crippen molar-refractivity contribution in [3.8, 4) is 11.3 Å². The van der Waals surface area contributed by atoms with Crippen LogP contribution in [0.1, 0.15) is 5.56 Å². The van der Waals surface area contributed by atoms with Crippen LogP contribution in [0, 0.1) is 5.82 Å². The van der Waals surface area contributed by atoms with Gasteiger partial charge in [0, 0.05) is 25.4 Å². The average Bonchev–Trinajstić information content (AvgIpc) is 3.17. The van der Waals surface area contributed by atoms with Crippen LogP contribution in [0.25, 0.3) is 11.3 Å². The molecule has 0 atom stereocenters. The van der Waals surface area contributed by atoms with Gasteiger partial charge in [-0.1, -0.05) is 0 Å². The Kier molecular flexibility index (Phi) is 4.85. The summed E-state index contributed by atoms with van der Waals surface area (Å²) in [5.41, 5.74) is 4.08. The van der Waals surface area contributed by atoms with Gasteiger partial charge >= 0.3 is 6.03 Å². The molecule has 0 bridgehead atoms. The molecule has 0 saturated heterocycles. The van der Waals surface area contributed by atoms with E-state index in [4.69, 9.17) is 0 Å². The van der Waals surface area contributed by atoms with Gasteiger partial charge in [-0.3, -0.25) is 10.00 Å². The van der Waals surface area contributed by atoms with Crippen molar-refractivity contribution in [3.63, 3.8) is 0 Å². The third kappa shape index (κ3) is 3.96. The molecule has 8 heteroatoms. The number of hydrogen-bond donors (Lipinski definition) is 2. The second kappa shape index (κ2) is 7.22. The molecule has 6 nitrogen and oxygen atoms in total. The van der Waals surface area contributed by atoms with Crippen molar-refractivity contribution in [2.75, 3.05) is 11.9 Å². The Morgan fingerprint density at radius 2 is 2.12 bits per heavy atom. The third-order valence-electron chi connectivity index (χ3n) is 3.37. The summed E-state index contributed by atoms with van der Waals surface area (Å²) < 4.78 is 14.7. The summed E-state index contributed by atoms with van der Waals surface area (Å²) in [6, 6.07) is 5.71. The Balaban J connectivity index is 1.57. The Labute approximate surface area is 142 Å². The third-order valence-corrected chi connectivity index (χ3v) is 4.11. The Bertz CT molecular complexity index is 827. The van der Waals surface area contributed by atoms with E-state index >= 15 is 0 Å². The van der Waals surface area contributed by atoms with E-state index in [0.29, 0.717) is 23.7 Å². The van der Waals surface area contributed by atoms with Crippen LogP contribution in [0.4, 0.5) is 14.2 Å². The lowest BCUT2D eigenvalue weighted by molar-refractivity contribution is 0.252. The Hall–Kier alpha value is -2.74. The molecule has 2 N–H and O–H groups in total. The number of halogens is 1. The molecule has 0 fully saturated rings. The first kappa shape index (κ1) is 16.1. The molecule has 0 unspecified atom stereocenters. The molecule has 3 aromatic rings. The molecule has 2 aromatic heterocycles. The van der Waals surface area contributed by atoms with Crippen molar-refractivity contribution in [2.24, 2.45) is 7.05 Å². The SMILES string of the molecule is Cn1cc(CCNC(=O)Nc2scnc2-c2ccc(F)cc2)cn1. The molecule has 0 aliphatic heterocycles. The van der Waals surface area contributed by atoms with Crippen LogP contribution >= 0.6 is 11.3 Å². The van der Waals surface area contributed by atoms with Gasteiger partial charge in [0.1, 0.15) is 16.5 Å². The minimum Gasteiger partial charge on any atom is -0.338 e. The van der Waals surface area contributed by atoms with Crippen LogP contribution in [0.3, 0.4) is 0 Å². The fourth-order valence-corrected chi connectivity index (χ4v) is 2.91. The molecule has 2 amide bonds. The number of amides is 2. The number of rotatable bonds is 5. The number of carbonyl (C=O) groups is 1. The first-order valence-electron chi connectivity index (χ1n) is 7.33. The predicted molar refractivity (Wildman–Crippen MR) is 91.4 cm³/mol. The number of nitrogens with zero attached hydrogens (tertiary/aromatic N) is 3. The van der Waals surface area contributed by atoms with Gasteiger partial charge < -0.3 is 5.32 Å². The molecule has 0 spiro atoms. The fraction of sp³-hybridized carbons (Fsp3) is 0.188. The zero-order valence-corrected chi connectivity index (χ0v) is 13.8. The van der Waals surface area contributed by atoms with Gasteiger partial charge in [-0.15, -0.1) is 11.3 Å². The topological polar surface area (TPSA) is 71.8 Å². The summed E-state index contributed by atoms with van der Waals surface area (Å²) in [6.45, 7) is 0.502. The van der Waals surface area contributed by atoms with Gasteiger partial charge in [-0.25, -0.2) is 14.2 Å². The monoisotopic (exact) mass is 345 g/mol. The van der Waals surface area contributed by atoms with Gasteiger partial charge in [-0.05, 0) is 36.2 Å². The minimum absolute atomic E-state index is 0.300. The standard InChI is InChI=1S/C16H16FN5OS/c1-22-9-11(8-20-22)6-7-18-16(23)21-15-14(19-10-24-15)12-2-4-13(17)5-3-12/h2-5,8-10H,6-7H2,1H3,(H2,18,21,23). The number of benzene rings is 1. The number of hydrogen-bond acceptors (Lipinski definition) is 4. The van der Waals surface area contributed by atoms with E-state index in [2.05, 4.69) is 20.7 Å². The smallest absolute Gasteiger partial charge is 0.319 e. The van der Waals surface area contributed by atoms with Crippen molar-refractivity contribution in [2.45, 2.75) is 6.42 Å². The first-order valence-corrected chi connectivity index (χ1v) is 8.21. The van der Waals surface area contributed by atoms with Crippen LogP contribution in [0.5, 0.6) is 0 Å². The van der Waals surface area contributed by atoms with E-state index in [1.807, 2.05) is 13.2 Å². The van der Waals surface area contributed by atoms with Crippen molar-refractivity contribution in [3.05, 3.63) is 53.6 Å². The fourth-order valence-electron chi connectivity index (χ4n) is 2.22. The average molecular weight is 345 g/mol. The number of nitrogens with one attached hydrogen (secondary N) is 2. The van der Waals surface area contributed by atoms with Crippen LogP contribution in [0.15, 0.2) is 42.2 Å². The van der Waals surface area contributed by atoms with Crippen LogP contribution < -0.4 is 10.6 Å². The van der Waals surface area contributed by atoms with Crippen molar-refractivity contribution in [1.82, 2.24) is 20.1 Å². The normalized spacial score (nSPS) is 10.6. The number of urea groups is 1. The first-order chi connectivity index (χ1) is 11.6. The van der Waals surface area contributed by atoms with E-state index in [9.17, 15) is 9.18 Å². The highest BCUT2D eigenvalue weighted by Crippen LogP contribution is 2.30. The van der Waals surface area contributed by atoms with E-state index in [1.54, 1.807) is 28.5 Å². The van der Waals surface area contributed by atoms with Gasteiger partial charge in [-0.2, -0.15) is 5.10 Å². The molecule has 2 heterocycles. The number of aryl methyl sites for hydroxylation is 1. The number of carbonyl (C=O) groups excluding carboxylic acids is 1. The van der Waals surface area contributed by atoms with Gasteiger partial charge in [0.25, 0.3) is 0 Å². The lowest BCUT2D eigenvalue weighted by Gasteiger charge is -2.07. The van der Waals surface area contributed by atoms with Crippen LogP contribution in [-0.4, -0.2) is 27.3 Å². The highest BCUT2D eigenvalue weighted by molar-refractivity contribution is 7.14. The van der Waals surface area contributed by atoms with Gasteiger partial charge in [0.2, 0.25) is 0 Å². The van der Waals surface area contributed by atoms with Crippen molar-refractivity contribution >= 4 is 22.4 Å². The van der Waals surface area contributed by atoms with Gasteiger partial charge in [0.15, 0.2) is 0 Å². The second-order valence-electron chi connectivity index (χ2n) is 5.19. The minimum atomic E-state index is -0.309. The molecule has 1 aromatic carbocycles. The summed E-state index contributed by atoms with van der Waals surface area (Å²) in [7, 11) is 1.85. The lowest BCUT2D eigenvalue weighted by atomic mass is 10.1. The summed E-state index contributed by atoms with van der Waals surface area (Å²) in [4.78, 5) is 16.3. The second-order valence-corrected chi connectivity index (χ2v) is 6.04. The highest BCUT2D eigenvalue weighted by atomic mass is 32.1. The van der Waals surface area contributed by atoms with Gasteiger partial charge in [0.05, 0.1) is 11.7 Å². The zero-order chi connectivity index (χ0) is 16.9. The largest absolute Gasteiger partial charge is 0.338 e. The highest BCUT2D eigenvalue weighted by Gasteiger charge is 2.11. The van der Waals surface area contributed by atoms with Crippen LogP contribution in [0.2, 0.25) is 0 Å². The molecule has 0 saturated carbocycles. The molecular formula is C16H16FN5OS. The summed E-state index contributed by atoms with van der Waals surface area (Å²) >= 11 is 1.32. The van der Waals surface area contributed by atoms with E-state index in [0.717, 1.165) is 11.1 Å². The maximum Gasteiger partial charge on any atom is 0.319 e. The van der Waals surface area contributed by atoms with E-state index in [1.165, 1.54) is 23.5 Å². The summed E-state index contributed by atoms with van der Waals surface area (Å²) in [6.07, 6.45) is 4.39. The van der Waals surface area contributed by atoms with E-state index < -0.39 is 0 Å². The molecule has 0 radical (unpaired) electrons. The summed E-state index contributed by atoms with van der Waals surface area (Å²) in [5.74, 6) is -0.309. The lowest BCUT2D eigenvalue weighted by Crippen LogP contribution is -2.30. The molecular weight excluding hydrogens is 329 g/mol.